The van der Waals surface area contributed by atoms with Crippen molar-refractivity contribution in [2.24, 2.45) is 4.99 Å². The minimum absolute atomic E-state index is 0.807. The van der Waals surface area contributed by atoms with Gasteiger partial charge < -0.3 is 4.90 Å². The minimum Gasteiger partial charge on any atom is -0.357 e. The molecule has 1 unspecified atom stereocenters. The van der Waals surface area contributed by atoms with Gasteiger partial charge in [-0.15, -0.1) is 0 Å². The number of hydrogen-bond donors (Lipinski definition) is 0. The topological polar surface area (TPSA) is 15.6 Å². The van der Waals surface area contributed by atoms with Crippen LogP contribution in [0, 0.1) is 0 Å². The van der Waals surface area contributed by atoms with E-state index in [0.29, 0.717) is 0 Å². The predicted molar refractivity (Wildman–Crippen MR) is 60.8 cm³/mol. The summed E-state index contributed by atoms with van der Waals surface area (Å²) in [6.45, 7) is 4.64. The summed E-state index contributed by atoms with van der Waals surface area (Å²) in [5, 5.41) is 0. The van der Waals surface area contributed by atoms with E-state index in [-0.39, 0.29) is 0 Å². The Morgan fingerprint density at radius 3 is 3.14 bits per heavy atom. The van der Waals surface area contributed by atoms with Gasteiger partial charge in [-0.2, -0.15) is 0 Å². The van der Waals surface area contributed by atoms with Crippen LogP contribution >= 0.6 is 0 Å². The number of nitrogens with zero attached hydrogens (tertiary/aromatic N) is 2. The summed E-state index contributed by atoms with van der Waals surface area (Å²) in [7, 11) is 0. The van der Waals surface area contributed by atoms with Gasteiger partial charge in [0.25, 0.3) is 0 Å². The smallest absolute Gasteiger partial charge is 0.0991 e. The SMILES string of the molecule is CCCC1CCCCC2=NCCCN21. The Bertz CT molecular complexity index is 210. The van der Waals surface area contributed by atoms with Gasteiger partial charge in [0.2, 0.25) is 0 Å². The van der Waals surface area contributed by atoms with Gasteiger partial charge in [-0.25, -0.2) is 0 Å². The van der Waals surface area contributed by atoms with Crippen molar-refractivity contribution < 1.29 is 0 Å². The first-order chi connectivity index (χ1) is 6.92. The summed E-state index contributed by atoms with van der Waals surface area (Å²) in [6.07, 6.45) is 9.33. The fourth-order valence-electron chi connectivity index (χ4n) is 2.74. The molecule has 2 rings (SSSR count). The van der Waals surface area contributed by atoms with Crippen molar-refractivity contribution in [2.45, 2.75) is 57.9 Å². The summed E-state index contributed by atoms with van der Waals surface area (Å²) in [4.78, 5) is 7.30. The molecular weight excluding hydrogens is 172 g/mol. The van der Waals surface area contributed by atoms with Crippen LogP contribution in [0.5, 0.6) is 0 Å². The summed E-state index contributed by atoms with van der Waals surface area (Å²) in [5.74, 6) is 1.42. The lowest BCUT2D eigenvalue weighted by Gasteiger charge is -2.35. The highest BCUT2D eigenvalue weighted by Gasteiger charge is 2.25. The third kappa shape index (κ3) is 2.10. The number of fused-ring (bicyclic) bond motifs is 1. The number of hydrogen-bond acceptors (Lipinski definition) is 2. The molecule has 2 heteroatoms. The number of aliphatic imine (C=N–C) groups is 1. The van der Waals surface area contributed by atoms with Gasteiger partial charge in [0, 0.05) is 25.6 Å². The van der Waals surface area contributed by atoms with E-state index in [4.69, 9.17) is 0 Å². The normalized spacial score (nSPS) is 27.9. The van der Waals surface area contributed by atoms with Gasteiger partial charge in [0.15, 0.2) is 0 Å². The van der Waals surface area contributed by atoms with E-state index in [1.165, 1.54) is 57.3 Å². The van der Waals surface area contributed by atoms with E-state index >= 15 is 0 Å². The zero-order valence-electron chi connectivity index (χ0n) is 9.34. The Morgan fingerprint density at radius 2 is 2.29 bits per heavy atom. The molecule has 0 N–H and O–H groups in total. The number of amidine groups is 1. The van der Waals surface area contributed by atoms with Crippen molar-refractivity contribution >= 4 is 5.84 Å². The van der Waals surface area contributed by atoms with Crippen molar-refractivity contribution in [1.82, 2.24) is 4.90 Å². The summed E-state index contributed by atoms with van der Waals surface area (Å²) in [6, 6.07) is 0.807. The largest absolute Gasteiger partial charge is 0.357 e. The Kier molecular flexibility index (Phi) is 3.44. The highest BCUT2D eigenvalue weighted by atomic mass is 15.2. The monoisotopic (exact) mass is 194 g/mol. The first kappa shape index (κ1) is 10.0. The average molecular weight is 194 g/mol. The van der Waals surface area contributed by atoms with Gasteiger partial charge in [0.1, 0.15) is 0 Å². The van der Waals surface area contributed by atoms with Crippen LogP contribution in [0.3, 0.4) is 0 Å². The van der Waals surface area contributed by atoms with Crippen molar-refractivity contribution in [3.05, 3.63) is 0 Å². The summed E-state index contributed by atoms with van der Waals surface area (Å²) >= 11 is 0. The highest BCUT2D eigenvalue weighted by molar-refractivity contribution is 5.83. The van der Waals surface area contributed by atoms with Gasteiger partial charge >= 0.3 is 0 Å². The van der Waals surface area contributed by atoms with Crippen LogP contribution in [-0.2, 0) is 0 Å². The fraction of sp³-hybridized carbons (Fsp3) is 0.917. The Hall–Kier alpha value is -0.530. The molecule has 1 saturated heterocycles. The molecule has 0 amide bonds. The quantitative estimate of drug-likeness (QED) is 0.660. The van der Waals surface area contributed by atoms with Crippen molar-refractivity contribution in [3.63, 3.8) is 0 Å². The van der Waals surface area contributed by atoms with Crippen LogP contribution in [-0.4, -0.2) is 29.9 Å². The first-order valence-electron chi connectivity index (χ1n) is 6.22. The van der Waals surface area contributed by atoms with Gasteiger partial charge in [-0.1, -0.05) is 19.8 Å². The molecule has 0 aliphatic carbocycles. The molecule has 0 spiro atoms. The van der Waals surface area contributed by atoms with E-state index in [9.17, 15) is 0 Å². The molecule has 2 nitrogen and oxygen atoms in total. The van der Waals surface area contributed by atoms with Crippen LogP contribution in [0.15, 0.2) is 4.99 Å². The molecule has 2 heterocycles. The number of rotatable bonds is 2. The zero-order chi connectivity index (χ0) is 9.80. The Balaban J connectivity index is 2.08. The lowest BCUT2D eigenvalue weighted by atomic mass is 10.0. The van der Waals surface area contributed by atoms with Crippen LogP contribution in [0.25, 0.3) is 0 Å². The van der Waals surface area contributed by atoms with Crippen LogP contribution in [0.1, 0.15) is 51.9 Å². The standard InChI is InChI=1S/C12H22N2/c1-2-6-11-7-3-4-8-12-13-9-5-10-14(11)12/h11H,2-10H2,1H3. The van der Waals surface area contributed by atoms with E-state index in [0.717, 1.165) is 12.6 Å². The molecule has 0 saturated carbocycles. The molecule has 2 aliphatic heterocycles. The molecule has 1 atom stereocenters. The summed E-state index contributed by atoms with van der Waals surface area (Å²) in [5.41, 5.74) is 0. The van der Waals surface area contributed by atoms with E-state index in [1.807, 2.05) is 0 Å². The third-order valence-corrected chi connectivity index (χ3v) is 3.43. The maximum absolute atomic E-state index is 4.69. The Labute approximate surface area is 87.4 Å². The lowest BCUT2D eigenvalue weighted by Crippen LogP contribution is -2.42. The highest BCUT2D eigenvalue weighted by Crippen LogP contribution is 2.24. The molecule has 0 aromatic carbocycles. The van der Waals surface area contributed by atoms with Crippen LogP contribution in [0.2, 0.25) is 0 Å². The van der Waals surface area contributed by atoms with Gasteiger partial charge in [-0.3, -0.25) is 4.99 Å². The molecular formula is C12H22N2. The third-order valence-electron chi connectivity index (χ3n) is 3.43. The van der Waals surface area contributed by atoms with Gasteiger partial charge in [-0.05, 0) is 25.7 Å². The van der Waals surface area contributed by atoms with Crippen molar-refractivity contribution in [2.75, 3.05) is 13.1 Å². The molecule has 0 radical (unpaired) electrons. The summed E-state index contributed by atoms with van der Waals surface area (Å²) < 4.78 is 0. The molecule has 0 aromatic rings. The van der Waals surface area contributed by atoms with Crippen molar-refractivity contribution in [3.8, 4) is 0 Å². The lowest BCUT2D eigenvalue weighted by molar-refractivity contribution is 0.270. The molecule has 0 bridgehead atoms. The molecule has 0 aromatic heterocycles. The second kappa shape index (κ2) is 4.81. The second-order valence-corrected chi connectivity index (χ2v) is 4.53. The molecule has 80 valence electrons. The first-order valence-corrected chi connectivity index (χ1v) is 6.22. The van der Waals surface area contributed by atoms with Crippen molar-refractivity contribution in [1.29, 1.82) is 0 Å². The van der Waals surface area contributed by atoms with Gasteiger partial charge in [0.05, 0.1) is 5.84 Å². The van der Waals surface area contributed by atoms with E-state index in [2.05, 4.69) is 16.8 Å². The maximum Gasteiger partial charge on any atom is 0.0991 e. The minimum atomic E-state index is 0.807. The molecule has 2 aliphatic rings. The zero-order valence-corrected chi connectivity index (χ0v) is 9.34. The Morgan fingerprint density at radius 1 is 1.36 bits per heavy atom. The molecule has 14 heavy (non-hydrogen) atoms. The fourth-order valence-corrected chi connectivity index (χ4v) is 2.74. The van der Waals surface area contributed by atoms with E-state index < -0.39 is 0 Å². The maximum atomic E-state index is 4.69. The van der Waals surface area contributed by atoms with E-state index in [1.54, 1.807) is 0 Å². The average Bonchev–Trinajstić information content (AvgIpc) is 2.42. The van der Waals surface area contributed by atoms with Crippen LogP contribution < -0.4 is 0 Å². The predicted octanol–water partition coefficient (Wildman–Crippen LogP) is 2.83. The second-order valence-electron chi connectivity index (χ2n) is 4.53. The molecule has 1 fully saturated rings. The van der Waals surface area contributed by atoms with Crippen LogP contribution in [0.4, 0.5) is 0 Å².